The standard InChI is InChI=1S/C16H14N6O/c1-9(23)18-12-4-2-3-10(7-12)15-20-21-16-19-13-6-5-11(17)8-14(13)22(15)16/h2-8H,17H2,1H3,(H,18,23)(H,19,21). The second-order valence-corrected chi connectivity index (χ2v) is 5.33. The first kappa shape index (κ1) is 13.3. The fourth-order valence-electron chi connectivity index (χ4n) is 2.67. The van der Waals surface area contributed by atoms with Crippen LogP contribution in [0.4, 0.5) is 11.4 Å². The van der Waals surface area contributed by atoms with Gasteiger partial charge in [0.2, 0.25) is 11.7 Å². The Morgan fingerprint density at radius 1 is 1.26 bits per heavy atom. The first-order valence-corrected chi connectivity index (χ1v) is 7.12. The molecule has 0 aliphatic rings. The van der Waals surface area contributed by atoms with Gasteiger partial charge in [0.15, 0.2) is 5.82 Å². The molecule has 4 aromatic rings. The predicted octanol–water partition coefficient (Wildman–Crippen LogP) is 2.42. The van der Waals surface area contributed by atoms with Crippen LogP contribution in [0.15, 0.2) is 42.5 Å². The van der Waals surface area contributed by atoms with Crippen LogP contribution in [0.5, 0.6) is 0 Å². The van der Waals surface area contributed by atoms with Gasteiger partial charge in [-0.3, -0.25) is 9.20 Å². The van der Waals surface area contributed by atoms with Crippen molar-refractivity contribution in [3.8, 4) is 11.4 Å². The number of nitrogen functional groups attached to an aromatic ring is 1. The van der Waals surface area contributed by atoms with Crippen LogP contribution in [-0.2, 0) is 4.79 Å². The fourth-order valence-corrected chi connectivity index (χ4v) is 2.67. The minimum Gasteiger partial charge on any atom is -0.399 e. The average Bonchev–Trinajstić information content (AvgIpc) is 3.06. The Kier molecular flexibility index (Phi) is 2.80. The maximum Gasteiger partial charge on any atom is 0.230 e. The summed E-state index contributed by atoms with van der Waals surface area (Å²) in [5, 5.41) is 10.1. The largest absolute Gasteiger partial charge is 0.399 e. The number of imidazole rings is 1. The summed E-state index contributed by atoms with van der Waals surface area (Å²) >= 11 is 0. The van der Waals surface area contributed by atoms with Crippen molar-refractivity contribution in [2.45, 2.75) is 6.92 Å². The van der Waals surface area contributed by atoms with E-state index in [0.717, 1.165) is 22.3 Å². The van der Waals surface area contributed by atoms with E-state index in [2.05, 4.69) is 20.5 Å². The van der Waals surface area contributed by atoms with Gasteiger partial charge in [-0.25, -0.2) is 10.1 Å². The molecule has 23 heavy (non-hydrogen) atoms. The van der Waals surface area contributed by atoms with Crippen molar-refractivity contribution in [1.82, 2.24) is 19.6 Å². The Hall–Kier alpha value is -3.35. The van der Waals surface area contributed by atoms with Crippen molar-refractivity contribution in [3.05, 3.63) is 42.5 Å². The van der Waals surface area contributed by atoms with Crippen LogP contribution < -0.4 is 11.1 Å². The Labute approximate surface area is 131 Å². The molecule has 0 aliphatic carbocycles. The zero-order valence-corrected chi connectivity index (χ0v) is 12.4. The summed E-state index contributed by atoms with van der Waals surface area (Å²) in [5.74, 6) is 1.24. The Morgan fingerprint density at radius 3 is 2.96 bits per heavy atom. The lowest BCUT2D eigenvalue weighted by atomic mass is 10.2. The molecular formula is C16H14N6O. The molecule has 0 unspecified atom stereocenters. The van der Waals surface area contributed by atoms with E-state index in [1.165, 1.54) is 6.92 Å². The molecule has 4 rings (SSSR count). The molecule has 2 aromatic heterocycles. The number of aromatic amines is 1. The average molecular weight is 306 g/mol. The van der Waals surface area contributed by atoms with E-state index in [0.29, 0.717) is 17.3 Å². The van der Waals surface area contributed by atoms with E-state index in [9.17, 15) is 4.79 Å². The first-order valence-electron chi connectivity index (χ1n) is 7.12. The predicted molar refractivity (Wildman–Crippen MR) is 89.0 cm³/mol. The molecule has 114 valence electrons. The number of hydrogen-bond acceptors (Lipinski definition) is 4. The molecule has 0 saturated heterocycles. The molecule has 0 radical (unpaired) electrons. The number of amides is 1. The number of nitrogens with two attached hydrogens (primary N) is 1. The molecule has 0 spiro atoms. The summed E-state index contributed by atoms with van der Waals surface area (Å²) < 4.78 is 1.92. The van der Waals surface area contributed by atoms with Crippen molar-refractivity contribution < 1.29 is 4.79 Å². The van der Waals surface area contributed by atoms with E-state index in [4.69, 9.17) is 5.73 Å². The molecule has 7 heteroatoms. The summed E-state index contributed by atoms with van der Waals surface area (Å²) in [5.41, 5.74) is 9.86. The van der Waals surface area contributed by atoms with Crippen LogP contribution in [0.2, 0.25) is 0 Å². The second-order valence-electron chi connectivity index (χ2n) is 5.33. The van der Waals surface area contributed by atoms with Gasteiger partial charge in [0, 0.05) is 23.9 Å². The normalized spacial score (nSPS) is 11.2. The van der Waals surface area contributed by atoms with Gasteiger partial charge in [-0.15, -0.1) is 0 Å². The van der Waals surface area contributed by atoms with Crippen LogP contribution in [0.25, 0.3) is 28.2 Å². The third kappa shape index (κ3) is 2.18. The molecule has 0 atom stereocenters. The van der Waals surface area contributed by atoms with E-state index < -0.39 is 0 Å². The monoisotopic (exact) mass is 306 g/mol. The van der Waals surface area contributed by atoms with E-state index in [1.807, 2.05) is 46.9 Å². The quantitative estimate of drug-likeness (QED) is 0.495. The Morgan fingerprint density at radius 2 is 2.13 bits per heavy atom. The summed E-state index contributed by atoms with van der Waals surface area (Å²) in [6.45, 7) is 1.48. The lowest BCUT2D eigenvalue weighted by Gasteiger charge is -2.04. The maximum absolute atomic E-state index is 11.2. The summed E-state index contributed by atoms with van der Waals surface area (Å²) in [4.78, 5) is 15.7. The number of nitrogens with zero attached hydrogens (tertiary/aromatic N) is 3. The lowest BCUT2D eigenvalue weighted by Crippen LogP contribution is -2.05. The van der Waals surface area contributed by atoms with Crippen molar-refractivity contribution >= 4 is 34.1 Å². The molecular weight excluding hydrogens is 292 g/mol. The number of H-pyrrole nitrogens is 1. The fraction of sp³-hybridized carbons (Fsp3) is 0.0625. The van der Waals surface area contributed by atoms with Gasteiger partial charge in [0.25, 0.3) is 0 Å². The smallest absolute Gasteiger partial charge is 0.230 e. The minimum absolute atomic E-state index is 0.116. The number of carbonyl (C=O) groups excluding carboxylic acids is 1. The van der Waals surface area contributed by atoms with Crippen LogP contribution >= 0.6 is 0 Å². The summed E-state index contributed by atoms with van der Waals surface area (Å²) in [6, 6.07) is 13.1. The number of fused-ring (bicyclic) bond motifs is 3. The van der Waals surface area contributed by atoms with Gasteiger partial charge < -0.3 is 11.1 Å². The van der Waals surface area contributed by atoms with Crippen molar-refractivity contribution in [1.29, 1.82) is 0 Å². The molecule has 0 fully saturated rings. The van der Waals surface area contributed by atoms with Crippen LogP contribution in [0.3, 0.4) is 0 Å². The zero-order valence-electron chi connectivity index (χ0n) is 12.4. The molecule has 2 aromatic carbocycles. The molecule has 4 N–H and O–H groups in total. The SMILES string of the molecule is CC(=O)Nc1cccc(-c2n[nH]c3nc4ccc(N)cc4n23)c1. The Bertz CT molecular complexity index is 1050. The zero-order chi connectivity index (χ0) is 16.0. The van der Waals surface area contributed by atoms with Gasteiger partial charge in [-0.1, -0.05) is 12.1 Å². The second kappa shape index (κ2) is 4.84. The third-order valence-electron chi connectivity index (χ3n) is 3.59. The summed E-state index contributed by atoms with van der Waals surface area (Å²) in [7, 11) is 0. The van der Waals surface area contributed by atoms with E-state index in [1.54, 1.807) is 0 Å². The maximum atomic E-state index is 11.2. The van der Waals surface area contributed by atoms with Crippen LogP contribution in [0, 0.1) is 0 Å². The van der Waals surface area contributed by atoms with Gasteiger partial charge in [-0.2, -0.15) is 5.10 Å². The van der Waals surface area contributed by atoms with Gasteiger partial charge in [0.1, 0.15) is 0 Å². The molecule has 1 amide bonds. The molecule has 0 saturated carbocycles. The highest BCUT2D eigenvalue weighted by Crippen LogP contribution is 2.26. The first-order chi connectivity index (χ1) is 11.1. The van der Waals surface area contributed by atoms with Gasteiger partial charge in [0.05, 0.1) is 11.0 Å². The third-order valence-corrected chi connectivity index (χ3v) is 3.59. The number of nitrogens with one attached hydrogen (secondary N) is 2. The minimum atomic E-state index is -0.116. The highest BCUT2D eigenvalue weighted by atomic mass is 16.1. The van der Waals surface area contributed by atoms with Gasteiger partial charge in [-0.05, 0) is 30.3 Å². The number of anilines is 2. The number of aromatic nitrogens is 4. The van der Waals surface area contributed by atoms with Crippen LogP contribution in [-0.4, -0.2) is 25.5 Å². The van der Waals surface area contributed by atoms with Crippen molar-refractivity contribution in [2.75, 3.05) is 11.1 Å². The topological polar surface area (TPSA) is 101 Å². The number of benzene rings is 2. The lowest BCUT2D eigenvalue weighted by molar-refractivity contribution is -0.114. The van der Waals surface area contributed by atoms with Crippen LogP contribution in [0.1, 0.15) is 6.92 Å². The van der Waals surface area contributed by atoms with Crippen molar-refractivity contribution in [3.63, 3.8) is 0 Å². The highest BCUT2D eigenvalue weighted by Gasteiger charge is 2.14. The molecule has 2 heterocycles. The molecule has 7 nitrogen and oxygen atoms in total. The summed E-state index contributed by atoms with van der Waals surface area (Å²) in [6.07, 6.45) is 0. The number of hydrogen-bond donors (Lipinski definition) is 3. The van der Waals surface area contributed by atoms with Crippen molar-refractivity contribution in [2.24, 2.45) is 0 Å². The number of rotatable bonds is 2. The van der Waals surface area contributed by atoms with Gasteiger partial charge >= 0.3 is 0 Å². The molecule has 0 aliphatic heterocycles. The highest BCUT2D eigenvalue weighted by molar-refractivity contribution is 5.90. The molecule has 0 bridgehead atoms. The van der Waals surface area contributed by atoms with E-state index >= 15 is 0 Å². The Balaban J connectivity index is 1.93. The number of carbonyl (C=O) groups is 1. The van der Waals surface area contributed by atoms with E-state index in [-0.39, 0.29) is 5.91 Å².